The molecule has 1 aromatic heterocycles. The SMILES string of the molecule is C1=CCCC(C2=NC(C3=CCC(C4=CC=CCC4)C=C3)NC(c3ccccc3-n3c4ccc(N5C6C=CC=CC6C6C7=C(C=CC65)CCC=C7)cc4c4cc5ccccc5cc43)N2)=C1. The van der Waals surface area contributed by atoms with Crippen LogP contribution in [0.25, 0.3) is 38.3 Å². The number of fused-ring (bicyclic) bond motifs is 8. The average molecular weight is 832 g/mol. The Hall–Kier alpha value is -6.69. The Morgan fingerprint density at radius 3 is 2.34 bits per heavy atom. The lowest BCUT2D eigenvalue weighted by Gasteiger charge is -2.35. The molecule has 1 fully saturated rings. The van der Waals surface area contributed by atoms with E-state index in [0.717, 1.165) is 50.8 Å². The van der Waals surface area contributed by atoms with Crippen molar-refractivity contribution in [3.05, 3.63) is 216 Å². The predicted molar refractivity (Wildman–Crippen MR) is 267 cm³/mol. The molecule has 2 aliphatic heterocycles. The monoisotopic (exact) mass is 831 g/mol. The lowest BCUT2D eigenvalue weighted by molar-refractivity contribution is 0.431. The summed E-state index contributed by atoms with van der Waals surface area (Å²) in [5.41, 5.74) is 13.2. The van der Waals surface area contributed by atoms with Gasteiger partial charge in [0.1, 0.15) is 18.2 Å². The molecule has 2 N–H and O–H groups in total. The third kappa shape index (κ3) is 6.27. The summed E-state index contributed by atoms with van der Waals surface area (Å²) in [7, 11) is 0. The summed E-state index contributed by atoms with van der Waals surface area (Å²) in [5, 5.41) is 13.0. The molecule has 0 amide bonds. The van der Waals surface area contributed by atoms with Gasteiger partial charge in [-0.2, -0.15) is 0 Å². The molecule has 0 saturated carbocycles. The van der Waals surface area contributed by atoms with Crippen LogP contribution in [0.5, 0.6) is 0 Å². The van der Waals surface area contributed by atoms with E-state index in [0.29, 0.717) is 29.8 Å². The number of anilines is 1. The summed E-state index contributed by atoms with van der Waals surface area (Å²) in [6.07, 6.45) is 47.1. The van der Waals surface area contributed by atoms with Crippen molar-refractivity contribution in [1.29, 1.82) is 0 Å². The van der Waals surface area contributed by atoms with E-state index in [-0.39, 0.29) is 12.3 Å². The first-order valence-corrected chi connectivity index (χ1v) is 23.7. The van der Waals surface area contributed by atoms with Crippen LogP contribution in [0.2, 0.25) is 0 Å². The lowest BCUT2D eigenvalue weighted by atomic mass is 9.74. The van der Waals surface area contributed by atoms with Gasteiger partial charge in [-0.15, -0.1) is 0 Å². The summed E-state index contributed by atoms with van der Waals surface area (Å²) in [6, 6.07) is 30.5. The highest BCUT2D eigenvalue weighted by Crippen LogP contribution is 2.50. The minimum Gasteiger partial charge on any atom is -0.357 e. The standard InChI is InChI=1S/C59H53N5/c1-3-15-38(16-4-1)39-27-29-42(30-28-39)58-60-57(41-18-5-2-6-19-41)61-59(62-58)48-24-12-14-26-52(48)64-53-34-32-45(37-50(53)49-35-43-20-7-8-21-44(43)36-55(49)64)63-51-25-13-11-23-47(51)56-46-22-10-9-17-40(46)31-33-54(56)63/h1-3,5,7-8,10-15,18,20-27,29-37,39,47,51,54,56,58-59,62H,4,6,9,16-17,19,28H2,(H,60,61). The molecule has 7 unspecified atom stereocenters. The predicted octanol–water partition coefficient (Wildman–Crippen LogP) is 13.0. The first-order valence-electron chi connectivity index (χ1n) is 23.7. The third-order valence-corrected chi connectivity index (χ3v) is 15.2. The second-order valence-electron chi connectivity index (χ2n) is 18.8. The number of amidine groups is 1. The van der Waals surface area contributed by atoms with Crippen LogP contribution in [0.3, 0.4) is 0 Å². The van der Waals surface area contributed by atoms with Crippen molar-refractivity contribution < 1.29 is 0 Å². The Morgan fingerprint density at radius 1 is 0.656 bits per heavy atom. The number of aromatic nitrogens is 1. The van der Waals surface area contributed by atoms with E-state index in [1.165, 1.54) is 71.8 Å². The van der Waals surface area contributed by atoms with Crippen molar-refractivity contribution in [2.75, 3.05) is 4.90 Å². The zero-order valence-electron chi connectivity index (χ0n) is 36.2. The second-order valence-corrected chi connectivity index (χ2v) is 18.8. The largest absolute Gasteiger partial charge is 0.357 e. The molecular formula is C59H53N5. The van der Waals surface area contributed by atoms with E-state index in [2.05, 4.69) is 202 Å². The van der Waals surface area contributed by atoms with Gasteiger partial charge in [-0.05, 0) is 114 Å². The zero-order valence-corrected chi connectivity index (χ0v) is 36.2. The summed E-state index contributed by atoms with van der Waals surface area (Å²) in [6.45, 7) is 0. The fourth-order valence-corrected chi connectivity index (χ4v) is 12.1. The molecule has 0 radical (unpaired) electrons. The van der Waals surface area contributed by atoms with Crippen molar-refractivity contribution in [2.24, 2.45) is 22.7 Å². The number of allylic oxidation sites excluding steroid dienone is 15. The number of rotatable bonds is 6. The van der Waals surface area contributed by atoms with E-state index >= 15 is 0 Å². The number of hydrogen-bond acceptors (Lipinski definition) is 4. The Kier molecular flexibility index (Phi) is 9.18. The molecule has 0 spiro atoms. The molecule has 1 saturated heterocycles. The van der Waals surface area contributed by atoms with Crippen LogP contribution in [-0.4, -0.2) is 28.7 Å². The number of nitrogens with one attached hydrogen (secondary N) is 2. The molecule has 5 nitrogen and oxygen atoms in total. The highest BCUT2D eigenvalue weighted by molar-refractivity contribution is 6.14. The lowest BCUT2D eigenvalue weighted by Crippen LogP contribution is -2.49. The van der Waals surface area contributed by atoms with Gasteiger partial charge >= 0.3 is 0 Å². The molecule has 314 valence electrons. The minimum atomic E-state index is -0.179. The Morgan fingerprint density at radius 2 is 1.48 bits per heavy atom. The summed E-state index contributed by atoms with van der Waals surface area (Å²) < 4.78 is 2.53. The first kappa shape index (κ1) is 37.8. The van der Waals surface area contributed by atoms with Gasteiger partial charge in [-0.1, -0.05) is 151 Å². The highest BCUT2D eigenvalue weighted by Gasteiger charge is 2.49. The third-order valence-electron chi connectivity index (χ3n) is 15.2. The molecule has 64 heavy (non-hydrogen) atoms. The van der Waals surface area contributed by atoms with Crippen molar-refractivity contribution in [3.63, 3.8) is 0 Å². The van der Waals surface area contributed by atoms with Crippen LogP contribution in [0, 0.1) is 17.8 Å². The molecule has 8 aliphatic rings. The van der Waals surface area contributed by atoms with Gasteiger partial charge in [0.25, 0.3) is 0 Å². The van der Waals surface area contributed by atoms with Crippen LogP contribution in [0.4, 0.5) is 5.69 Å². The molecular weight excluding hydrogens is 779 g/mol. The second kappa shape index (κ2) is 15.5. The zero-order chi connectivity index (χ0) is 42.1. The number of nitrogens with zero attached hydrogens (tertiary/aromatic N) is 3. The first-order chi connectivity index (χ1) is 31.7. The maximum Gasteiger partial charge on any atom is 0.129 e. The summed E-state index contributed by atoms with van der Waals surface area (Å²) in [4.78, 5) is 8.13. The molecule has 6 aliphatic carbocycles. The maximum atomic E-state index is 5.41. The molecule has 13 rings (SSSR count). The van der Waals surface area contributed by atoms with Crippen LogP contribution in [-0.2, 0) is 0 Å². The van der Waals surface area contributed by atoms with Gasteiger partial charge in [-0.3, -0.25) is 5.32 Å². The molecule has 3 heterocycles. The Labute approximate surface area is 376 Å². The maximum absolute atomic E-state index is 5.41. The number of aliphatic imine (C=N–C) groups is 1. The molecule has 5 aromatic rings. The van der Waals surface area contributed by atoms with Gasteiger partial charge in [-0.25, -0.2) is 4.99 Å². The van der Waals surface area contributed by atoms with Gasteiger partial charge < -0.3 is 14.8 Å². The van der Waals surface area contributed by atoms with Gasteiger partial charge in [0, 0.05) is 39.8 Å². The quantitative estimate of drug-likeness (QED) is 0.179. The molecule has 5 heteroatoms. The fraction of sp³-hybridized carbons (Fsp3) is 0.237. The van der Waals surface area contributed by atoms with Crippen LogP contribution >= 0.6 is 0 Å². The van der Waals surface area contributed by atoms with Crippen molar-refractivity contribution in [1.82, 2.24) is 15.2 Å². The van der Waals surface area contributed by atoms with Crippen LogP contribution in [0.15, 0.2) is 215 Å². The van der Waals surface area contributed by atoms with Crippen LogP contribution in [0.1, 0.15) is 56.7 Å². The number of hydrogen-bond donors (Lipinski definition) is 2. The molecule has 7 atom stereocenters. The Bertz CT molecular complexity index is 3150. The highest BCUT2D eigenvalue weighted by atomic mass is 15.3. The normalized spacial score (nSPS) is 27.9. The average Bonchev–Trinajstić information content (AvgIpc) is 3.88. The molecule has 4 aromatic carbocycles. The van der Waals surface area contributed by atoms with Crippen molar-refractivity contribution in [3.8, 4) is 5.69 Å². The van der Waals surface area contributed by atoms with Crippen molar-refractivity contribution >= 4 is 44.1 Å². The number of para-hydroxylation sites is 1. The van der Waals surface area contributed by atoms with Gasteiger partial charge in [0.15, 0.2) is 0 Å². The smallest absolute Gasteiger partial charge is 0.129 e. The Balaban J connectivity index is 0.929. The topological polar surface area (TPSA) is 44.6 Å². The van der Waals surface area contributed by atoms with E-state index in [4.69, 9.17) is 4.99 Å². The summed E-state index contributed by atoms with van der Waals surface area (Å²) >= 11 is 0. The van der Waals surface area contributed by atoms with E-state index in [1.54, 1.807) is 5.57 Å². The van der Waals surface area contributed by atoms with Crippen LogP contribution < -0.4 is 15.5 Å². The summed E-state index contributed by atoms with van der Waals surface area (Å²) in [5.74, 6) is 2.31. The van der Waals surface area contributed by atoms with E-state index in [1.807, 2.05) is 0 Å². The van der Waals surface area contributed by atoms with E-state index < -0.39 is 0 Å². The van der Waals surface area contributed by atoms with Crippen molar-refractivity contribution in [2.45, 2.75) is 69.4 Å². The fourth-order valence-electron chi connectivity index (χ4n) is 12.1. The van der Waals surface area contributed by atoms with Gasteiger partial charge in [0.05, 0.1) is 28.8 Å². The number of benzene rings is 4. The van der Waals surface area contributed by atoms with E-state index in [9.17, 15) is 0 Å². The van der Waals surface area contributed by atoms with Gasteiger partial charge in [0.2, 0.25) is 0 Å². The molecule has 0 bridgehead atoms. The minimum absolute atomic E-state index is 0.176.